The number of ether oxygens (including phenoxy) is 1. The van der Waals surface area contributed by atoms with E-state index in [1.54, 1.807) is 20.8 Å². The lowest BCUT2D eigenvalue weighted by Gasteiger charge is -2.31. The minimum Gasteiger partial charge on any atom is -0.444 e. The summed E-state index contributed by atoms with van der Waals surface area (Å²) in [5, 5.41) is 2.68. The summed E-state index contributed by atoms with van der Waals surface area (Å²) in [5.41, 5.74) is -1.34. The van der Waals surface area contributed by atoms with E-state index in [4.69, 9.17) is 4.74 Å². The Morgan fingerprint density at radius 3 is 1.81 bits per heavy atom. The molecule has 0 spiro atoms. The topological polar surface area (TPSA) is 55.4 Å². The molecule has 0 atom stereocenters. The smallest absolute Gasteiger partial charge is 0.408 e. The van der Waals surface area contributed by atoms with Gasteiger partial charge in [0.25, 0.3) is 0 Å². The zero-order valence-corrected chi connectivity index (χ0v) is 11.1. The van der Waals surface area contributed by atoms with Crippen LogP contribution in [0, 0.1) is 0 Å². The number of alkyl carbamates (subject to hydrolysis) is 1. The molecule has 0 fully saturated rings. The Balaban J connectivity index is 4.66. The van der Waals surface area contributed by atoms with E-state index in [0.29, 0.717) is 12.8 Å². The van der Waals surface area contributed by atoms with Gasteiger partial charge in [0.05, 0.1) is 0 Å². The summed E-state index contributed by atoms with van der Waals surface area (Å²) in [7, 11) is 0. The van der Waals surface area contributed by atoms with Crippen LogP contribution in [0.3, 0.4) is 0 Å². The van der Waals surface area contributed by atoms with Crippen molar-refractivity contribution >= 4 is 11.9 Å². The predicted molar refractivity (Wildman–Crippen MR) is 63.4 cm³/mol. The van der Waals surface area contributed by atoms with Gasteiger partial charge in [0.2, 0.25) is 0 Å². The van der Waals surface area contributed by atoms with Crippen LogP contribution in [0.15, 0.2) is 0 Å². The third-order valence-electron chi connectivity index (χ3n) is 2.62. The molecule has 0 heterocycles. The monoisotopic (exact) mass is 229 g/mol. The number of hydrogen-bond donors (Lipinski definition) is 1. The van der Waals surface area contributed by atoms with Crippen molar-refractivity contribution in [2.45, 2.75) is 65.5 Å². The first kappa shape index (κ1) is 14.9. The normalized spacial score (nSPS) is 12.1. The number of carbonyl (C=O) groups excluding carboxylic acids is 2. The maximum Gasteiger partial charge on any atom is 0.408 e. The maximum absolute atomic E-state index is 11.6. The Bertz CT molecular complexity index is 262. The molecule has 0 aromatic heterocycles. The fourth-order valence-corrected chi connectivity index (χ4v) is 1.51. The molecule has 16 heavy (non-hydrogen) atoms. The van der Waals surface area contributed by atoms with E-state index in [-0.39, 0.29) is 5.78 Å². The van der Waals surface area contributed by atoms with E-state index in [2.05, 4.69) is 5.32 Å². The summed E-state index contributed by atoms with van der Waals surface area (Å²) in [6, 6.07) is 0. The second-order valence-corrected chi connectivity index (χ2v) is 4.97. The van der Waals surface area contributed by atoms with Gasteiger partial charge in [0, 0.05) is 0 Å². The minimum absolute atomic E-state index is 0.0386. The van der Waals surface area contributed by atoms with Crippen molar-refractivity contribution in [3.8, 4) is 0 Å². The van der Waals surface area contributed by atoms with Crippen molar-refractivity contribution < 1.29 is 14.3 Å². The summed E-state index contributed by atoms with van der Waals surface area (Å²) in [4.78, 5) is 23.2. The molecule has 0 aromatic rings. The maximum atomic E-state index is 11.6. The highest BCUT2D eigenvalue weighted by Crippen LogP contribution is 2.17. The average Bonchev–Trinajstić information content (AvgIpc) is 2.10. The number of Topliss-reactive ketones (excluding diaryl/α,β-unsaturated/α-hetero) is 1. The van der Waals surface area contributed by atoms with Crippen molar-refractivity contribution in [2.24, 2.45) is 0 Å². The van der Waals surface area contributed by atoms with Crippen LogP contribution in [0.5, 0.6) is 0 Å². The van der Waals surface area contributed by atoms with Crippen LogP contribution in [0.1, 0.15) is 54.4 Å². The molecule has 0 aliphatic carbocycles. The second-order valence-electron chi connectivity index (χ2n) is 4.97. The summed E-state index contributed by atoms with van der Waals surface area (Å²) in [5.74, 6) is -0.0386. The van der Waals surface area contributed by atoms with E-state index < -0.39 is 17.2 Å². The van der Waals surface area contributed by atoms with E-state index in [1.165, 1.54) is 6.92 Å². The van der Waals surface area contributed by atoms with Crippen molar-refractivity contribution in [2.75, 3.05) is 0 Å². The SMILES string of the molecule is CCC(CC)(NC(=O)OC(C)(C)C)C(C)=O. The van der Waals surface area contributed by atoms with Gasteiger partial charge in [-0.3, -0.25) is 4.79 Å². The first-order valence-electron chi connectivity index (χ1n) is 5.69. The predicted octanol–water partition coefficient (Wildman–Crippen LogP) is 2.66. The van der Waals surface area contributed by atoms with Gasteiger partial charge in [-0.1, -0.05) is 13.8 Å². The Morgan fingerprint density at radius 2 is 1.56 bits per heavy atom. The van der Waals surface area contributed by atoms with E-state index >= 15 is 0 Å². The molecular weight excluding hydrogens is 206 g/mol. The van der Waals surface area contributed by atoms with Crippen LogP contribution in [0.25, 0.3) is 0 Å². The molecule has 0 radical (unpaired) electrons. The van der Waals surface area contributed by atoms with Crippen molar-refractivity contribution in [1.82, 2.24) is 5.32 Å². The average molecular weight is 229 g/mol. The highest BCUT2D eigenvalue weighted by Gasteiger charge is 2.34. The van der Waals surface area contributed by atoms with Gasteiger partial charge in [-0.05, 0) is 40.5 Å². The number of amides is 1. The van der Waals surface area contributed by atoms with Gasteiger partial charge in [-0.25, -0.2) is 4.79 Å². The molecule has 0 saturated carbocycles. The molecule has 4 nitrogen and oxygen atoms in total. The highest BCUT2D eigenvalue weighted by atomic mass is 16.6. The van der Waals surface area contributed by atoms with Crippen LogP contribution in [-0.4, -0.2) is 23.0 Å². The lowest BCUT2D eigenvalue weighted by Crippen LogP contribution is -2.53. The lowest BCUT2D eigenvalue weighted by molar-refractivity contribution is -0.123. The molecule has 0 aromatic carbocycles. The lowest BCUT2D eigenvalue weighted by atomic mass is 9.89. The zero-order chi connectivity index (χ0) is 13.0. The van der Waals surface area contributed by atoms with Gasteiger partial charge >= 0.3 is 6.09 Å². The molecule has 0 aliphatic rings. The second kappa shape index (κ2) is 5.32. The molecular formula is C12H23NO3. The molecule has 0 unspecified atom stereocenters. The van der Waals surface area contributed by atoms with Gasteiger partial charge in [-0.2, -0.15) is 0 Å². The van der Waals surface area contributed by atoms with Crippen molar-refractivity contribution in [1.29, 1.82) is 0 Å². The van der Waals surface area contributed by atoms with Gasteiger partial charge < -0.3 is 10.1 Å². The Kier molecular flexibility index (Phi) is 4.97. The highest BCUT2D eigenvalue weighted by molar-refractivity contribution is 5.89. The van der Waals surface area contributed by atoms with Crippen LogP contribution < -0.4 is 5.32 Å². The van der Waals surface area contributed by atoms with Crippen LogP contribution in [-0.2, 0) is 9.53 Å². The molecule has 0 aliphatic heterocycles. The zero-order valence-electron chi connectivity index (χ0n) is 11.1. The largest absolute Gasteiger partial charge is 0.444 e. The molecule has 0 saturated heterocycles. The number of carbonyl (C=O) groups is 2. The molecule has 4 heteroatoms. The molecule has 1 amide bonds. The first-order chi connectivity index (χ1) is 7.17. The minimum atomic E-state index is -0.789. The fourth-order valence-electron chi connectivity index (χ4n) is 1.51. The number of rotatable bonds is 4. The van der Waals surface area contributed by atoms with E-state index in [1.807, 2.05) is 13.8 Å². The van der Waals surface area contributed by atoms with Gasteiger partial charge in [-0.15, -0.1) is 0 Å². The fraction of sp³-hybridized carbons (Fsp3) is 0.833. The standard InChI is InChI=1S/C12H23NO3/c1-7-12(8-2,9(3)14)13-10(15)16-11(4,5)6/h7-8H2,1-6H3,(H,13,15). The summed E-state index contributed by atoms with van der Waals surface area (Å²) in [6.07, 6.45) is 0.599. The molecule has 0 bridgehead atoms. The van der Waals surface area contributed by atoms with Crippen LogP contribution in [0.4, 0.5) is 4.79 Å². The Labute approximate surface area is 97.7 Å². The molecule has 1 N–H and O–H groups in total. The number of ketones is 1. The Hall–Kier alpha value is -1.06. The van der Waals surface area contributed by atoms with Crippen molar-refractivity contribution in [3.05, 3.63) is 0 Å². The summed E-state index contributed by atoms with van der Waals surface area (Å²) in [6.45, 7) is 10.6. The molecule has 94 valence electrons. The van der Waals surface area contributed by atoms with E-state index in [0.717, 1.165) is 0 Å². The number of nitrogens with one attached hydrogen (secondary N) is 1. The van der Waals surface area contributed by atoms with E-state index in [9.17, 15) is 9.59 Å². The first-order valence-corrected chi connectivity index (χ1v) is 5.69. The van der Waals surface area contributed by atoms with Crippen molar-refractivity contribution in [3.63, 3.8) is 0 Å². The number of hydrogen-bond acceptors (Lipinski definition) is 3. The van der Waals surface area contributed by atoms with Crippen LogP contribution in [0.2, 0.25) is 0 Å². The molecule has 0 rings (SSSR count). The summed E-state index contributed by atoms with van der Waals surface area (Å²) >= 11 is 0. The quantitative estimate of drug-likeness (QED) is 0.806. The van der Waals surface area contributed by atoms with Gasteiger partial charge in [0.1, 0.15) is 11.1 Å². The third kappa shape index (κ3) is 4.21. The third-order valence-corrected chi connectivity index (χ3v) is 2.62. The van der Waals surface area contributed by atoms with Crippen LogP contribution >= 0.6 is 0 Å². The summed E-state index contributed by atoms with van der Waals surface area (Å²) < 4.78 is 5.14. The van der Waals surface area contributed by atoms with Gasteiger partial charge in [0.15, 0.2) is 5.78 Å². The Morgan fingerprint density at radius 1 is 1.12 bits per heavy atom.